The fourth-order valence-corrected chi connectivity index (χ4v) is 2.12. The Bertz CT molecular complexity index is 330. The molecular formula is C13H20N3. The molecule has 0 saturated carbocycles. The Morgan fingerprint density at radius 2 is 2.00 bits per heavy atom. The second-order valence-corrected chi connectivity index (χ2v) is 4.16. The molecule has 1 radical (unpaired) electrons. The highest BCUT2D eigenvalue weighted by Crippen LogP contribution is 2.18. The second kappa shape index (κ2) is 5.32. The van der Waals surface area contributed by atoms with E-state index in [9.17, 15) is 0 Å². The summed E-state index contributed by atoms with van der Waals surface area (Å²) in [5, 5.41) is 0. The van der Waals surface area contributed by atoms with Crippen LogP contribution in [0.5, 0.6) is 0 Å². The molecule has 1 heterocycles. The van der Waals surface area contributed by atoms with E-state index in [0.29, 0.717) is 6.54 Å². The molecule has 16 heavy (non-hydrogen) atoms. The van der Waals surface area contributed by atoms with Crippen molar-refractivity contribution in [2.24, 2.45) is 5.73 Å². The lowest BCUT2D eigenvalue weighted by Crippen LogP contribution is -2.44. The van der Waals surface area contributed by atoms with Crippen LogP contribution in [0, 0.1) is 6.54 Å². The fourth-order valence-electron chi connectivity index (χ4n) is 2.12. The summed E-state index contributed by atoms with van der Waals surface area (Å²) in [4.78, 5) is 4.79. The molecule has 0 unspecified atom stereocenters. The molecule has 0 aliphatic carbocycles. The first-order chi connectivity index (χ1) is 7.83. The van der Waals surface area contributed by atoms with Crippen molar-refractivity contribution in [1.82, 2.24) is 4.90 Å². The van der Waals surface area contributed by atoms with Gasteiger partial charge in [0.15, 0.2) is 0 Å². The number of hydrogen-bond donors (Lipinski definition) is 1. The molecule has 1 aromatic carbocycles. The van der Waals surface area contributed by atoms with E-state index >= 15 is 0 Å². The lowest BCUT2D eigenvalue weighted by molar-refractivity contribution is 0.315. The smallest absolute Gasteiger partial charge is 0.0370 e. The minimum atomic E-state index is 0.622. The van der Waals surface area contributed by atoms with Crippen molar-refractivity contribution in [3.05, 3.63) is 36.4 Å². The molecular weight excluding hydrogens is 198 g/mol. The summed E-state index contributed by atoms with van der Waals surface area (Å²) in [6.45, 7) is 9.32. The van der Waals surface area contributed by atoms with Gasteiger partial charge in [0.05, 0.1) is 0 Å². The molecule has 0 spiro atoms. The zero-order valence-electron chi connectivity index (χ0n) is 9.89. The van der Waals surface area contributed by atoms with Crippen molar-refractivity contribution < 1.29 is 0 Å². The molecule has 2 N–H and O–H groups in total. The second-order valence-electron chi connectivity index (χ2n) is 4.16. The van der Waals surface area contributed by atoms with Crippen LogP contribution in [-0.2, 0) is 6.54 Å². The summed E-state index contributed by atoms with van der Waals surface area (Å²) in [5.74, 6) is 0. The first kappa shape index (κ1) is 11.4. The van der Waals surface area contributed by atoms with Crippen LogP contribution in [0.3, 0.4) is 0 Å². The molecule has 1 aliphatic heterocycles. The lowest BCUT2D eigenvalue weighted by Gasteiger charge is -2.35. The molecule has 1 aromatic rings. The zero-order valence-corrected chi connectivity index (χ0v) is 9.89. The largest absolute Gasteiger partial charge is 0.369 e. The first-order valence-electron chi connectivity index (χ1n) is 5.91. The summed E-state index contributed by atoms with van der Waals surface area (Å²) in [5.41, 5.74) is 8.17. The highest BCUT2D eigenvalue weighted by molar-refractivity contribution is 5.49. The van der Waals surface area contributed by atoms with Crippen LogP contribution in [0.2, 0.25) is 0 Å². The van der Waals surface area contributed by atoms with Crippen LogP contribution >= 0.6 is 0 Å². The summed E-state index contributed by atoms with van der Waals surface area (Å²) < 4.78 is 0. The molecule has 0 atom stereocenters. The van der Waals surface area contributed by atoms with Gasteiger partial charge in [0.1, 0.15) is 0 Å². The Labute approximate surface area is 97.8 Å². The minimum absolute atomic E-state index is 0.622. The van der Waals surface area contributed by atoms with Gasteiger partial charge < -0.3 is 10.6 Å². The lowest BCUT2D eigenvalue weighted by atomic mass is 10.1. The number of nitrogens with zero attached hydrogens (tertiary/aromatic N) is 2. The van der Waals surface area contributed by atoms with Gasteiger partial charge in [-0.2, -0.15) is 0 Å². The Kier molecular flexibility index (Phi) is 3.80. The van der Waals surface area contributed by atoms with Gasteiger partial charge in [-0.3, -0.25) is 4.90 Å². The van der Waals surface area contributed by atoms with Crippen LogP contribution in [0.25, 0.3) is 0 Å². The molecule has 0 aromatic heterocycles. The normalized spacial score (nSPS) is 17.8. The van der Waals surface area contributed by atoms with E-state index in [1.807, 2.05) is 0 Å². The molecule has 1 saturated heterocycles. The molecule has 2 rings (SSSR count). The van der Waals surface area contributed by atoms with Gasteiger partial charge in [0, 0.05) is 45.0 Å². The van der Waals surface area contributed by atoms with Crippen LogP contribution in [0.4, 0.5) is 5.69 Å². The van der Waals surface area contributed by atoms with E-state index in [1.54, 1.807) is 0 Å². The first-order valence-corrected chi connectivity index (χ1v) is 5.91. The third-order valence-electron chi connectivity index (χ3n) is 3.19. The molecule has 0 amide bonds. The highest BCUT2D eigenvalue weighted by atomic mass is 15.3. The number of rotatable bonds is 3. The molecule has 87 valence electrons. The van der Waals surface area contributed by atoms with Gasteiger partial charge in [-0.25, -0.2) is 0 Å². The number of piperazine rings is 1. The number of benzene rings is 1. The Morgan fingerprint density at radius 1 is 1.25 bits per heavy atom. The van der Waals surface area contributed by atoms with Crippen LogP contribution < -0.4 is 10.6 Å². The van der Waals surface area contributed by atoms with E-state index in [1.165, 1.54) is 11.3 Å². The molecule has 3 heteroatoms. The van der Waals surface area contributed by atoms with Gasteiger partial charge in [-0.15, -0.1) is 0 Å². The maximum absolute atomic E-state index is 5.66. The number of nitrogens with two attached hydrogens (primary N) is 1. The summed E-state index contributed by atoms with van der Waals surface area (Å²) in [6, 6.07) is 8.55. The summed E-state index contributed by atoms with van der Waals surface area (Å²) in [7, 11) is 0. The van der Waals surface area contributed by atoms with Crippen molar-refractivity contribution >= 4 is 5.69 Å². The zero-order chi connectivity index (χ0) is 11.4. The van der Waals surface area contributed by atoms with Crippen molar-refractivity contribution in [1.29, 1.82) is 0 Å². The quantitative estimate of drug-likeness (QED) is 0.833. The monoisotopic (exact) mass is 218 g/mol. The Hall–Kier alpha value is -1.06. The minimum Gasteiger partial charge on any atom is -0.369 e. The van der Waals surface area contributed by atoms with Gasteiger partial charge >= 0.3 is 0 Å². The van der Waals surface area contributed by atoms with Crippen LogP contribution in [-0.4, -0.2) is 31.1 Å². The average molecular weight is 218 g/mol. The molecule has 3 nitrogen and oxygen atoms in total. The van der Waals surface area contributed by atoms with E-state index in [4.69, 9.17) is 5.73 Å². The SMILES string of the molecule is C[CH]N1CCN(c2cccc(CN)c2)CC1. The van der Waals surface area contributed by atoms with Crippen molar-refractivity contribution in [3.8, 4) is 0 Å². The van der Waals surface area contributed by atoms with E-state index in [0.717, 1.165) is 26.2 Å². The third-order valence-corrected chi connectivity index (χ3v) is 3.19. The Balaban J connectivity index is 2.02. The topological polar surface area (TPSA) is 32.5 Å². The maximum atomic E-state index is 5.66. The summed E-state index contributed by atoms with van der Waals surface area (Å²) >= 11 is 0. The number of anilines is 1. The Morgan fingerprint density at radius 3 is 2.62 bits per heavy atom. The third kappa shape index (κ3) is 2.54. The van der Waals surface area contributed by atoms with Crippen LogP contribution in [0.1, 0.15) is 12.5 Å². The predicted molar refractivity (Wildman–Crippen MR) is 68.1 cm³/mol. The van der Waals surface area contributed by atoms with E-state index in [-0.39, 0.29) is 0 Å². The maximum Gasteiger partial charge on any atom is 0.0370 e. The molecule has 1 aliphatic rings. The predicted octanol–water partition coefficient (Wildman–Crippen LogP) is 1.45. The average Bonchev–Trinajstić information content (AvgIpc) is 2.39. The molecule has 1 fully saturated rings. The number of hydrogen-bond acceptors (Lipinski definition) is 3. The summed E-state index contributed by atoms with van der Waals surface area (Å²) in [6.07, 6.45) is 0. The van der Waals surface area contributed by atoms with E-state index < -0.39 is 0 Å². The van der Waals surface area contributed by atoms with Gasteiger partial charge in [-0.1, -0.05) is 12.1 Å². The standard InChI is InChI=1S/C13H20N3/c1-2-15-6-8-16(9-7-15)13-5-3-4-12(10-13)11-14/h2-5,10H,6-9,11,14H2,1H3. The van der Waals surface area contributed by atoms with E-state index in [2.05, 4.69) is 47.5 Å². The fraction of sp³-hybridized carbons (Fsp3) is 0.462. The van der Waals surface area contributed by atoms with Crippen molar-refractivity contribution in [3.63, 3.8) is 0 Å². The van der Waals surface area contributed by atoms with Gasteiger partial charge in [0.2, 0.25) is 0 Å². The van der Waals surface area contributed by atoms with Crippen molar-refractivity contribution in [2.45, 2.75) is 13.5 Å². The van der Waals surface area contributed by atoms with Crippen molar-refractivity contribution in [2.75, 3.05) is 31.1 Å². The highest BCUT2D eigenvalue weighted by Gasteiger charge is 2.15. The van der Waals surface area contributed by atoms with Gasteiger partial charge in [0.25, 0.3) is 0 Å². The molecule has 0 bridgehead atoms. The van der Waals surface area contributed by atoms with Gasteiger partial charge in [-0.05, 0) is 24.6 Å². The van der Waals surface area contributed by atoms with Crippen LogP contribution in [0.15, 0.2) is 24.3 Å².